The molecule has 0 spiro atoms. The van der Waals surface area contributed by atoms with Crippen molar-refractivity contribution < 1.29 is 19.1 Å². The molecule has 1 heterocycles. The highest BCUT2D eigenvalue weighted by Crippen LogP contribution is 2.27. The summed E-state index contributed by atoms with van der Waals surface area (Å²) in [7, 11) is 1.53. The van der Waals surface area contributed by atoms with Crippen molar-refractivity contribution >= 4 is 22.7 Å². The molecule has 0 aliphatic rings. The minimum atomic E-state index is -1.34. The van der Waals surface area contributed by atoms with Crippen LogP contribution in [-0.4, -0.2) is 24.8 Å². The number of carbonyl (C=O) groups excluding carboxylic acids is 1. The monoisotopic (exact) mass is 340 g/mol. The number of hydrogen-bond donors (Lipinski definition) is 3. The predicted octanol–water partition coefficient (Wildman–Crippen LogP) is 3.47. The van der Waals surface area contributed by atoms with Gasteiger partial charge in [0.15, 0.2) is 0 Å². The largest absolute Gasteiger partial charge is 0.495 e. The number of anilines is 1. The molecule has 130 valence electrons. The Hall–Kier alpha value is -2.99. The molecule has 0 saturated carbocycles. The SMILES string of the molecule is COc1ccccc1NC(=O)NC[C@](C)(O)c1cc2ccccc2o1. The van der Waals surface area contributed by atoms with Crippen molar-refractivity contribution in [2.75, 3.05) is 19.0 Å². The minimum Gasteiger partial charge on any atom is -0.495 e. The lowest BCUT2D eigenvalue weighted by molar-refractivity contribution is 0.0388. The van der Waals surface area contributed by atoms with Crippen molar-refractivity contribution in [2.24, 2.45) is 0 Å². The Kier molecular flexibility index (Phi) is 4.63. The molecule has 6 nitrogen and oxygen atoms in total. The summed E-state index contributed by atoms with van der Waals surface area (Å²) in [6.45, 7) is 1.59. The van der Waals surface area contributed by atoms with E-state index in [4.69, 9.17) is 9.15 Å². The third-order valence-corrected chi connectivity index (χ3v) is 3.90. The van der Waals surface area contributed by atoms with E-state index in [1.165, 1.54) is 7.11 Å². The summed E-state index contributed by atoms with van der Waals surface area (Å²) < 4.78 is 10.9. The van der Waals surface area contributed by atoms with E-state index in [2.05, 4.69) is 10.6 Å². The molecule has 1 aromatic heterocycles. The van der Waals surface area contributed by atoms with Crippen LogP contribution in [0.5, 0.6) is 5.75 Å². The highest BCUT2D eigenvalue weighted by molar-refractivity contribution is 5.91. The predicted molar refractivity (Wildman–Crippen MR) is 95.8 cm³/mol. The van der Waals surface area contributed by atoms with Crippen molar-refractivity contribution in [3.63, 3.8) is 0 Å². The summed E-state index contributed by atoms with van der Waals surface area (Å²) in [5.41, 5.74) is -0.0981. The van der Waals surface area contributed by atoms with E-state index in [9.17, 15) is 9.90 Å². The van der Waals surface area contributed by atoms with Crippen LogP contribution >= 0.6 is 0 Å². The highest BCUT2D eigenvalue weighted by atomic mass is 16.5. The maximum absolute atomic E-state index is 12.1. The van der Waals surface area contributed by atoms with E-state index in [0.717, 1.165) is 5.39 Å². The fourth-order valence-corrected chi connectivity index (χ4v) is 2.50. The normalized spacial score (nSPS) is 13.2. The second-order valence-corrected chi connectivity index (χ2v) is 5.93. The van der Waals surface area contributed by atoms with Crippen LogP contribution in [0.4, 0.5) is 10.5 Å². The summed E-state index contributed by atoms with van der Waals surface area (Å²) >= 11 is 0. The Labute approximate surface area is 145 Å². The van der Waals surface area contributed by atoms with Gasteiger partial charge in [0, 0.05) is 5.39 Å². The molecule has 0 radical (unpaired) electrons. The van der Waals surface area contributed by atoms with Crippen LogP contribution in [0.25, 0.3) is 11.0 Å². The van der Waals surface area contributed by atoms with Gasteiger partial charge in [-0.25, -0.2) is 4.79 Å². The van der Waals surface area contributed by atoms with E-state index in [1.54, 1.807) is 31.2 Å². The topological polar surface area (TPSA) is 83.7 Å². The first-order valence-electron chi connectivity index (χ1n) is 7.89. The lowest BCUT2D eigenvalue weighted by atomic mass is 10.0. The van der Waals surface area contributed by atoms with E-state index in [1.807, 2.05) is 30.3 Å². The molecule has 0 bridgehead atoms. The number of para-hydroxylation sites is 3. The summed E-state index contributed by atoms with van der Waals surface area (Å²) in [4.78, 5) is 12.1. The van der Waals surface area contributed by atoms with Gasteiger partial charge in [0.05, 0.1) is 19.3 Å². The van der Waals surface area contributed by atoms with Crippen LogP contribution in [0.1, 0.15) is 12.7 Å². The molecule has 0 unspecified atom stereocenters. The number of aliphatic hydroxyl groups is 1. The number of amides is 2. The van der Waals surface area contributed by atoms with Gasteiger partial charge in [0.2, 0.25) is 0 Å². The van der Waals surface area contributed by atoms with Crippen molar-refractivity contribution in [3.05, 3.63) is 60.4 Å². The van der Waals surface area contributed by atoms with Crippen molar-refractivity contribution in [1.29, 1.82) is 0 Å². The molecule has 2 aromatic carbocycles. The average Bonchev–Trinajstić information content (AvgIpc) is 3.06. The van der Waals surface area contributed by atoms with Crippen molar-refractivity contribution in [3.8, 4) is 5.75 Å². The molecule has 6 heteroatoms. The van der Waals surface area contributed by atoms with E-state index in [0.29, 0.717) is 22.8 Å². The second-order valence-electron chi connectivity index (χ2n) is 5.93. The number of ether oxygens (including phenoxy) is 1. The standard InChI is InChI=1S/C19H20N2O4/c1-19(23,17-11-13-7-3-5-9-15(13)25-17)12-20-18(22)21-14-8-4-6-10-16(14)24-2/h3-11,23H,12H2,1-2H3,(H2,20,21,22)/t19-/m0/s1. The maximum atomic E-state index is 12.1. The number of fused-ring (bicyclic) bond motifs is 1. The first kappa shape index (κ1) is 16.9. The maximum Gasteiger partial charge on any atom is 0.319 e. The smallest absolute Gasteiger partial charge is 0.319 e. The quantitative estimate of drug-likeness (QED) is 0.664. The van der Waals surface area contributed by atoms with Crippen LogP contribution in [0.3, 0.4) is 0 Å². The Morgan fingerprint density at radius 1 is 1.20 bits per heavy atom. The second kappa shape index (κ2) is 6.86. The van der Waals surface area contributed by atoms with E-state index in [-0.39, 0.29) is 6.54 Å². The van der Waals surface area contributed by atoms with Crippen LogP contribution in [-0.2, 0) is 5.60 Å². The van der Waals surface area contributed by atoms with E-state index >= 15 is 0 Å². The van der Waals surface area contributed by atoms with Crippen LogP contribution in [0.15, 0.2) is 59.0 Å². The number of benzene rings is 2. The van der Waals surface area contributed by atoms with E-state index < -0.39 is 11.6 Å². The molecule has 3 N–H and O–H groups in total. The van der Waals surface area contributed by atoms with Gasteiger partial charge in [0.25, 0.3) is 0 Å². The van der Waals surface area contributed by atoms with Crippen LogP contribution in [0, 0.1) is 0 Å². The summed E-state index contributed by atoms with van der Waals surface area (Å²) in [6, 6.07) is 15.9. The molecule has 3 rings (SSSR count). The van der Waals surface area contributed by atoms with Crippen molar-refractivity contribution in [1.82, 2.24) is 5.32 Å². The fourth-order valence-electron chi connectivity index (χ4n) is 2.50. The third-order valence-electron chi connectivity index (χ3n) is 3.90. The molecule has 0 saturated heterocycles. The number of rotatable bonds is 5. The summed E-state index contributed by atoms with van der Waals surface area (Å²) in [5.74, 6) is 0.952. The van der Waals surface area contributed by atoms with Crippen LogP contribution in [0.2, 0.25) is 0 Å². The number of urea groups is 1. The molecule has 25 heavy (non-hydrogen) atoms. The van der Waals surface area contributed by atoms with Gasteiger partial charge in [0.1, 0.15) is 22.7 Å². The zero-order chi connectivity index (χ0) is 17.9. The molecule has 3 aromatic rings. The summed E-state index contributed by atoms with van der Waals surface area (Å²) in [5, 5.41) is 16.9. The van der Waals surface area contributed by atoms with Gasteiger partial charge in [-0.05, 0) is 31.2 Å². The highest BCUT2D eigenvalue weighted by Gasteiger charge is 2.28. The van der Waals surface area contributed by atoms with Gasteiger partial charge in [-0.15, -0.1) is 0 Å². The molecule has 0 fully saturated rings. The number of methoxy groups -OCH3 is 1. The lowest BCUT2D eigenvalue weighted by Gasteiger charge is -2.21. The number of hydrogen-bond acceptors (Lipinski definition) is 4. The zero-order valence-corrected chi connectivity index (χ0v) is 14.1. The minimum absolute atomic E-state index is 0.00615. The third kappa shape index (κ3) is 3.75. The molecular formula is C19H20N2O4. The lowest BCUT2D eigenvalue weighted by Crippen LogP contribution is -2.40. The van der Waals surface area contributed by atoms with Crippen molar-refractivity contribution in [2.45, 2.75) is 12.5 Å². The molecule has 0 aliphatic carbocycles. The number of carbonyl (C=O) groups is 1. The average molecular weight is 340 g/mol. The Morgan fingerprint density at radius 2 is 1.92 bits per heavy atom. The zero-order valence-electron chi connectivity index (χ0n) is 14.1. The molecule has 2 amide bonds. The van der Waals surface area contributed by atoms with Gasteiger partial charge in [-0.1, -0.05) is 30.3 Å². The number of nitrogens with one attached hydrogen (secondary N) is 2. The Balaban J connectivity index is 1.66. The molecular weight excluding hydrogens is 320 g/mol. The molecule has 0 aliphatic heterocycles. The Morgan fingerprint density at radius 3 is 2.68 bits per heavy atom. The van der Waals surface area contributed by atoms with Gasteiger partial charge in [-0.2, -0.15) is 0 Å². The van der Waals surface area contributed by atoms with Gasteiger partial charge < -0.3 is 24.9 Å². The van der Waals surface area contributed by atoms with Gasteiger partial charge >= 0.3 is 6.03 Å². The summed E-state index contributed by atoms with van der Waals surface area (Å²) in [6.07, 6.45) is 0. The van der Waals surface area contributed by atoms with Crippen LogP contribution < -0.4 is 15.4 Å². The first-order valence-corrected chi connectivity index (χ1v) is 7.89. The number of furan rings is 1. The fraction of sp³-hybridized carbons (Fsp3) is 0.211. The molecule has 1 atom stereocenters. The first-order chi connectivity index (χ1) is 12.0. The van der Waals surface area contributed by atoms with Gasteiger partial charge in [-0.3, -0.25) is 0 Å². The Bertz CT molecular complexity index is 853.